The SMILES string of the molecule is CCOc1ccc(-c2nc[nH]c2C(=O)O)cc1. The summed E-state index contributed by atoms with van der Waals surface area (Å²) in [6.45, 7) is 2.51. The van der Waals surface area contributed by atoms with E-state index in [4.69, 9.17) is 9.84 Å². The maximum atomic E-state index is 10.9. The van der Waals surface area contributed by atoms with E-state index in [2.05, 4.69) is 9.97 Å². The Morgan fingerprint density at radius 3 is 2.71 bits per heavy atom. The molecule has 0 aliphatic heterocycles. The minimum atomic E-state index is -1.02. The highest BCUT2D eigenvalue weighted by Gasteiger charge is 2.14. The highest BCUT2D eigenvalue weighted by atomic mass is 16.5. The maximum Gasteiger partial charge on any atom is 0.354 e. The van der Waals surface area contributed by atoms with E-state index < -0.39 is 5.97 Å². The number of aromatic carboxylic acids is 1. The van der Waals surface area contributed by atoms with Crippen LogP contribution in [-0.2, 0) is 0 Å². The number of H-pyrrole nitrogens is 1. The standard InChI is InChI=1S/C12H12N2O3/c1-2-17-9-5-3-8(4-6-9)10-11(12(15)16)14-7-13-10/h3-7H,2H2,1H3,(H,13,14)(H,15,16). The summed E-state index contributed by atoms with van der Waals surface area (Å²) in [5, 5.41) is 8.96. The molecule has 0 saturated carbocycles. The molecule has 0 radical (unpaired) electrons. The lowest BCUT2D eigenvalue weighted by Crippen LogP contribution is -1.99. The Labute approximate surface area is 98.1 Å². The molecular formula is C12H12N2O3. The van der Waals surface area contributed by atoms with Gasteiger partial charge in [0.05, 0.1) is 12.9 Å². The van der Waals surface area contributed by atoms with Crippen molar-refractivity contribution in [2.45, 2.75) is 6.92 Å². The number of hydrogen-bond acceptors (Lipinski definition) is 3. The summed E-state index contributed by atoms with van der Waals surface area (Å²) in [5.74, 6) is -0.268. The first-order chi connectivity index (χ1) is 8.22. The normalized spacial score (nSPS) is 10.2. The fourth-order valence-electron chi connectivity index (χ4n) is 1.55. The van der Waals surface area contributed by atoms with Crippen molar-refractivity contribution >= 4 is 5.97 Å². The number of hydrogen-bond donors (Lipinski definition) is 2. The van der Waals surface area contributed by atoms with Crippen LogP contribution in [0.1, 0.15) is 17.4 Å². The second-order valence-electron chi connectivity index (χ2n) is 3.39. The minimum Gasteiger partial charge on any atom is -0.494 e. The molecule has 0 spiro atoms. The molecular weight excluding hydrogens is 220 g/mol. The minimum absolute atomic E-state index is 0.0918. The number of benzene rings is 1. The first-order valence-electron chi connectivity index (χ1n) is 5.22. The summed E-state index contributed by atoms with van der Waals surface area (Å²) >= 11 is 0. The molecule has 1 aromatic carbocycles. The van der Waals surface area contributed by atoms with Gasteiger partial charge in [-0.3, -0.25) is 0 Å². The largest absolute Gasteiger partial charge is 0.494 e. The molecule has 0 aliphatic carbocycles. The Kier molecular flexibility index (Phi) is 3.09. The Balaban J connectivity index is 2.33. The summed E-state index contributed by atoms with van der Waals surface area (Å²) in [7, 11) is 0. The number of carboxylic acid groups (broad SMARTS) is 1. The average Bonchev–Trinajstić information content (AvgIpc) is 2.79. The van der Waals surface area contributed by atoms with Gasteiger partial charge in [-0.1, -0.05) is 0 Å². The summed E-state index contributed by atoms with van der Waals surface area (Å²) in [6, 6.07) is 7.15. The Bertz CT molecular complexity index is 517. The van der Waals surface area contributed by atoms with E-state index >= 15 is 0 Å². The van der Waals surface area contributed by atoms with Crippen LogP contribution >= 0.6 is 0 Å². The van der Waals surface area contributed by atoms with Gasteiger partial charge in [-0.25, -0.2) is 9.78 Å². The highest BCUT2D eigenvalue weighted by molar-refractivity contribution is 5.92. The fourth-order valence-corrected chi connectivity index (χ4v) is 1.55. The van der Waals surface area contributed by atoms with Gasteiger partial charge in [0.15, 0.2) is 5.69 Å². The molecule has 0 fully saturated rings. The van der Waals surface area contributed by atoms with E-state index in [0.29, 0.717) is 12.3 Å². The third kappa shape index (κ3) is 2.28. The van der Waals surface area contributed by atoms with E-state index in [0.717, 1.165) is 11.3 Å². The maximum absolute atomic E-state index is 10.9. The lowest BCUT2D eigenvalue weighted by atomic mass is 10.1. The van der Waals surface area contributed by atoms with Crippen LogP contribution in [0.15, 0.2) is 30.6 Å². The van der Waals surface area contributed by atoms with Gasteiger partial charge in [-0.15, -0.1) is 0 Å². The molecule has 2 rings (SSSR count). The van der Waals surface area contributed by atoms with Gasteiger partial charge < -0.3 is 14.8 Å². The van der Waals surface area contributed by atoms with Crippen molar-refractivity contribution in [3.05, 3.63) is 36.3 Å². The Morgan fingerprint density at radius 2 is 2.12 bits per heavy atom. The van der Waals surface area contributed by atoms with Gasteiger partial charge in [-0.05, 0) is 31.2 Å². The number of imidazole rings is 1. The zero-order valence-electron chi connectivity index (χ0n) is 9.30. The van der Waals surface area contributed by atoms with Crippen molar-refractivity contribution < 1.29 is 14.6 Å². The molecule has 0 bridgehead atoms. The fraction of sp³-hybridized carbons (Fsp3) is 0.167. The van der Waals surface area contributed by atoms with Crippen molar-refractivity contribution in [3.8, 4) is 17.0 Å². The number of ether oxygens (including phenoxy) is 1. The number of aromatic amines is 1. The number of carbonyl (C=O) groups is 1. The molecule has 0 saturated heterocycles. The first-order valence-corrected chi connectivity index (χ1v) is 5.22. The van der Waals surface area contributed by atoms with Crippen molar-refractivity contribution in [1.82, 2.24) is 9.97 Å². The van der Waals surface area contributed by atoms with E-state index in [1.807, 2.05) is 6.92 Å². The molecule has 0 amide bonds. The molecule has 17 heavy (non-hydrogen) atoms. The van der Waals surface area contributed by atoms with Gasteiger partial charge in [0.25, 0.3) is 0 Å². The molecule has 0 unspecified atom stereocenters. The first kappa shape index (κ1) is 11.2. The van der Waals surface area contributed by atoms with Crippen molar-refractivity contribution in [2.75, 3.05) is 6.61 Å². The lowest BCUT2D eigenvalue weighted by Gasteiger charge is -2.03. The van der Waals surface area contributed by atoms with Crippen molar-refractivity contribution in [3.63, 3.8) is 0 Å². The lowest BCUT2D eigenvalue weighted by molar-refractivity contribution is 0.0692. The third-order valence-corrected chi connectivity index (χ3v) is 2.29. The Hall–Kier alpha value is -2.30. The van der Waals surface area contributed by atoms with Gasteiger partial charge in [0.1, 0.15) is 11.4 Å². The monoisotopic (exact) mass is 232 g/mol. The number of carboxylic acids is 1. The zero-order chi connectivity index (χ0) is 12.3. The highest BCUT2D eigenvalue weighted by Crippen LogP contribution is 2.23. The van der Waals surface area contributed by atoms with E-state index in [-0.39, 0.29) is 5.69 Å². The zero-order valence-corrected chi connectivity index (χ0v) is 9.30. The topological polar surface area (TPSA) is 75.2 Å². The molecule has 0 atom stereocenters. The van der Waals surface area contributed by atoms with Crippen LogP contribution in [0.4, 0.5) is 0 Å². The molecule has 5 heteroatoms. The summed E-state index contributed by atoms with van der Waals surface area (Å²) < 4.78 is 5.31. The van der Waals surface area contributed by atoms with Crippen molar-refractivity contribution in [2.24, 2.45) is 0 Å². The molecule has 2 aromatic rings. The Morgan fingerprint density at radius 1 is 1.41 bits per heavy atom. The van der Waals surface area contributed by atoms with Gasteiger partial charge in [0.2, 0.25) is 0 Å². The van der Waals surface area contributed by atoms with Crippen LogP contribution in [0.3, 0.4) is 0 Å². The van der Waals surface area contributed by atoms with Gasteiger partial charge in [-0.2, -0.15) is 0 Å². The average molecular weight is 232 g/mol. The van der Waals surface area contributed by atoms with Crippen LogP contribution < -0.4 is 4.74 Å². The van der Waals surface area contributed by atoms with E-state index in [1.165, 1.54) is 6.33 Å². The predicted octanol–water partition coefficient (Wildman–Crippen LogP) is 2.17. The molecule has 88 valence electrons. The second-order valence-corrected chi connectivity index (χ2v) is 3.39. The smallest absolute Gasteiger partial charge is 0.354 e. The van der Waals surface area contributed by atoms with E-state index in [9.17, 15) is 4.79 Å². The van der Waals surface area contributed by atoms with E-state index in [1.54, 1.807) is 24.3 Å². The quantitative estimate of drug-likeness (QED) is 0.847. The molecule has 1 aromatic heterocycles. The third-order valence-electron chi connectivity index (χ3n) is 2.29. The van der Waals surface area contributed by atoms with Gasteiger partial charge >= 0.3 is 5.97 Å². The summed E-state index contributed by atoms with van der Waals surface area (Å²) in [5.41, 5.74) is 1.27. The predicted molar refractivity (Wildman–Crippen MR) is 62.2 cm³/mol. The second kappa shape index (κ2) is 4.69. The number of rotatable bonds is 4. The van der Waals surface area contributed by atoms with Crippen molar-refractivity contribution in [1.29, 1.82) is 0 Å². The van der Waals surface area contributed by atoms with Gasteiger partial charge in [0, 0.05) is 5.56 Å². The van der Waals surface area contributed by atoms with Crippen LogP contribution in [0.5, 0.6) is 5.75 Å². The number of aromatic nitrogens is 2. The summed E-state index contributed by atoms with van der Waals surface area (Å²) in [6.07, 6.45) is 1.37. The van der Waals surface area contributed by atoms with Crippen LogP contribution in [0, 0.1) is 0 Å². The molecule has 0 aliphatic rings. The number of nitrogens with zero attached hydrogens (tertiary/aromatic N) is 1. The van der Waals surface area contributed by atoms with Crippen LogP contribution in [0.25, 0.3) is 11.3 Å². The van der Waals surface area contributed by atoms with Crippen LogP contribution in [0.2, 0.25) is 0 Å². The molecule has 5 nitrogen and oxygen atoms in total. The molecule has 1 heterocycles. The summed E-state index contributed by atoms with van der Waals surface area (Å²) in [4.78, 5) is 17.5. The number of nitrogens with one attached hydrogen (secondary N) is 1. The molecule has 2 N–H and O–H groups in total. The van der Waals surface area contributed by atoms with Crippen LogP contribution in [-0.4, -0.2) is 27.7 Å².